The third-order valence-electron chi connectivity index (χ3n) is 5.55. The van der Waals surface area contributed by atoms with Gasteiger partial charge in [0, 0.05) is 36.4 Å². The van der Waals surface area contributed by atoms with Gasteiger partial charge in [-0.25, -0.2) is 4.68 Å². The largest absolute Gasteiger partial charge is 0.392 e. The zero-order valence-electron chi connectivity index (χ0n) is 14.0. The number of aliphatic hydroxyl groups excluding tert-OH is 1. The van der Waals surface area contributed by atoms with Crippen LogP contribution in [0.2, 0.25) is 0 Å². The summed E-state index contributed by atoms with van der Waals surface area (Å²) >= 11 is 0. The monoisotopic (exact) mass is 342 g/mol. The highest BCUT2D eigenvalue weighted by Crippen LogP contribution is 2.49. The van der Waals surface area contributed by atoms with Crippen molar-refractivity contribution in [2.24, 2.45) is 5.41 Å². The zero-order valence-corrected chi connectivity index (χ0v) is 14.0. The Morgan fingerprint density at radius 2 is 2.24 bits per heavy atom. The van der Waals surface area contributed by atoms with Crippen molar-refractivity contribution in [2.45, 2.75) is 38.0 Å². The third-order valence-corrected chi connectivity index (χ3v) is 5.55. The van der Waals surface area contributed by atoms with Crippen LogP contribution >= 0.6 is 0 Å². The lowest BCUT2D eigenvalue weighted by atomic mass is 9.58. The number of ether oxygens (including phenoxy) is 1. The minimum atomic E-state index is -0.347. The molecule has 0 radical (unpaired) electrons. The van der Waals surface area contributed by atoms with Crippen molar-refractivity contribution in [3.63, 3.8) is 0 Å². The Labute approximate surface area is 146 Å². The van der Waals surface area contributed by atoms with Gasteiger partial charge in [0.25, 0.3) is 5.91 Å². The van der Waals surface area contributed by atoms with Crippen molar-refractivity contribution in [1.29, 1.82) is 0 Å². The molecule has 132 valence electrons. The van der Waals surface area contributed by atoms with E-state index in [1.807, 2.05) is 24.3 Å². The van der Waals surface area contributed by atoms with E-state index in [-0.39, 0.29) is 23.5 Å². The van der Waals surface area contributed by atoms with Crippen molar-refractivity contribution in [1.82, 2.24) is 20.3 Å². The molecular weight excluding hydrogens is 320 g/mol. The summed E-state index contributed by atoms with van der Waals surface area (Å²) in [5.41, 5.74) is 1.40. The van der Waals surface area contributed by atoms with Gasteiger partial charge in [-0.1, -0.05) is 17.3 Å². The fourth-order valence-corrected chi connectivity index (χ4v) is 3.96. The van der Waals surface area contributed by atoms with Crippen LogP contribution in [0.4, 0.5) is 0 Å². The van der Waals surface area contributed by atoms with Crippen LogP contribution in [-0.4, -0.2) is 51.4 Å². The summed E-state index contributed by atoms with van der Waals surface area (Å²) < 4.78 is 7.13. The lowest BCUT2D eigenvalue weighted by Crippen LogP contribution is -2.65. The van der Waals surface area contributed by atoms with Crippen LogP contribution in [0, 0.1) is 5.41 Å². The molecule has 2 aromatic rings. The smallest absolute Gasteiger partial charge is 0.251 e. The molecule has 1 aliphatic carbocycles. The number of nitrogens with one attached hydrogen (secondary N) is 1. The third kappa shape index (κ3) is 3.05. The van der Waals surface area contributed by atoms with Gasteiger partial charge in [-0.05, 0) is 37.0 Å². The Hall–Kier alpha value is -2.25. The highest BCUT2D eigenvalue weighted by Gasteiger charge is 2.55. The maximum Gasteiger partial charge on any atom is 0.251 e. The molecule has 1 amide bonds. The van der Waals surface area contributed by atoms with Crippen LogP contribution in [0.3, 0.4) is 0 Å². The number of aromatic nitrogens is 3. The first kappa shape index (κ1) is 16.2. The highest BCUT2D eigenvalue weighted by atomic mass is 16.5. The SMILES string of the molecule is O=C(N[C@@H]1C[C@@H](O)C12CCOCC2)c1cccc(Cn2ccnn2)c1. The Morgan fingerprint density at radius 1 is 1.40 bits per heavy atom. The number of hydrogen-bond donors (Lipinski definition) is 2. The van der Waals surface area contributed by atoms with Crippen LogP contribution in [0.25, 0.3) is 0 Å². The Bertz CT molecular complexity index is 741. The van der Waals surface area contributed by atoms with Crippen LogP contribution in [0.5, 0.6) is 0 Å². The molecule has 0 bridgehead atoms. The van der Waals surface area contributed by atoms with E-state index in [1.54, 1.807) is 17.1 Å². The van der Waals surface area contributed by atoms with E-state index in [4.69, 9.17) is 4.74 Å². The summed E-state index contributed by atoms with van der Waals surface area (Å²) in [6.45, 7) is 1.87. The molecule has 25 heavy (non-hydrogen) atoms. The quantitative estimate of drug-likeness (QED) is 0.865. The Balaban J connectivity index is 1.44. The molecule has 1 saturated heterocycles. The van der Waals surface area contributed by atoms with E-state index in [2.05, 4.69) is 15.6 Å². The molecule has 1 spiro atoms. The second-order valence-corrected chi connectivity index (χ2v) is 6.92. The van der Waals surface area contributed by atoms with E-state index >= 15 is 0 Å². The van der Waals surface area contributed by atoms with Gasteiger partial charge in [-0.2, -0.15) is 0 Å². The van der Waals surface area contributed by atoms with Gasteiger partial charge in [0.05, 0.1) is 18.8 Å². The fourth-order valence-electron chi connectivity index (χ4n) is 3.96. The maximum absolute atomic E-state index is 12.7. The molecule has 2 aliphatic rings. The minimum Gasteiger partial charge on any atom is -0.392 e. The van der Waals surface area contributed by atoms with Gasteiger partial charge >= 0.3 is 0 Å². The van der Waals surface area contributed by atoms with Crippen molar-refractivity contribution >= 4 is 5.91 Å². The van der Waals surface area contributed by atoms with Crippen molar-refractivity contribution in [3.8, 4) is 0 Å². The minimum absolute atomic E-state index is 0.0119. The molecular formula is C18H22N4O3. The Morgan fingerprint density at radius 3 is 2.96 bits per heavy atom. The molecule has 1 saturated carbocycles. The van der Waals surface area contributed by atoms with Gasteiger partial charge < -0.3 is 15.2 Å². The van der Waals surface area contributed by atoms with E-state index in [0.29, 0.717) is 31.7 Å². The summed E-state index contributed by atoms with van der Waals surface area (Å²) in [6, 6.07) is 7.54. The number of amides is 1. The summed E-state index contributed by atoms with van der Waals surface area (Å²) in [5, 5.41) is 21.1. The number of aliphatic hydroxyl groups is 1. The summed E-state index contributed by atoms with van der Waals surface area (Å²) in [7, 11) is 0. The molecule has 7 nitrogen and oxygen atoms in total. The van der Waals surface area contributed by atoms with Crippen molar-refractivity contribution < 1.29 is 14.6 Å². The van der Waals surface area contributed by atoms with Crippen LogP contribution in [0.15, 0.2) is 36.7 Å². The number of carbonyl (C=O) groups excluding carboxylic acids is 1. The second kappa shape index (κ2) is 6.57. The predicted octanol–water partition coefficient (Wildman–Crippen LogP) is 0.986. The summed E-state index contributed by atoms with van der Waals surface area (Å²) in [5.74, 6) is -0.0943. The second-order valence-electron chi connectivity index (χ2n) is 6.92. The lowest BCUT2D eigenvalue weighted by Gasteiger charge is -2.55. The first-order valence-electron chi connectivity index (χ1n) is 8.67. The number of hydrogen-bond acceptors (Lipinski definition) is 5. The van der Waals surface area contributed by atoms with E-state index in [1.165, 1.54) is 0 Å². The normalized spacial score (nSPS) is 24.7. The molecule has 2 N–H and O–H groups in total. The van der Waals surface area contributed by atoms with Crippen LogP contribution in [-0.2, 0) is 11.3 Å². The number of benzene rings is 1. The lowest BCUT2D eigenvalue weighted by molar-refractivity contribution is -0.145. The molecule has 0 unspecified atom stereocenters. The van der Waals surface area contributed by atoms with E-state index in [0.717, 1.165) is 18.4 Å². The van der Waals surface area contributed by atoms with Gasteiger partial charge in [-0.15, -0.1) is 5.10 Å². The molecule has 1 aliphatic heterocycles. The molecule has 4 rings (SSSR count). The van der Waals surface area contributed by atoms with Crippen molar-refractivity contribution in [2.75, 3.05) is 13.2 Å². The highest BCUT2D eigenvalue weighted by molar-refractivity contribution is 5.94. The van der Waals surface area contributed by atoms with Crippen molar-refractivity contribution in [3.05, 3.63) is 47.8 Å². The molecule has 2 heterocycles. The van der Waals surface area contributed by atoms with Gasteiger partial charge in [0.2, 0.25) is 0 Å². The zero-order chi connectivity index (χ0) is 17.3. The maximum atomic E-state index is 12.7. The molecule has 7 heteroatoms. The molecule has 1 aromatic heterocycles. The average molecular weight is 342 g/mol. The van der Waals surface area contributed by atoms with Gasteiger partial charge in [0.15, 0.2) is 0 Å². The topological polar surface area (TPSA) is 89.3 Å². The standard InChI is InChI=1S/C18H22N4O3/c23-16-11-15(18(16)4-8-25-9-5-18)20-17(24)14-3-1-2-13(10-14)12-22-7-6-19-21-22/h1-3,6-7,10,15-16,23H,4-5,8-9,11-12H2,(H,20,24)/t15-,16-/m1/s1. The Kier molecular flexibility index (Phi) is 4.27. The average Bonchev–Trinajstić information content (AvgIpc) is 3.15. The number of rotatable bonds is 4. The first-order valence-corrected chi connectivity index (χ1v) is 8.67. The van der Waals surface area contributed by atoms with Crippen LogP contribution in [0.1, 0.15) is 35.2 Å². The number of nitrogens with zero attached hydrogens (tertiary/aromatic N) is 3. The first-order chi connectivity index (χ1) is 12.2. The van der Waals surface area contributed by atoms with E-state index in [9.17, 15) is 9.90 Å². The van der Waals surface area contributed by atoms with Gasteiger partial charge in [0.1, 0.15) is 0 Å². The summed E-state index contributed by atoms with van der Waals surface area (Å²) in [4.78, 5) is 12.7. The molecule has 2 fully saturated rings. The van der Waals surface area contributed by atoms with E-state index < -0.39 is 0 Å². The van der Waals surface area contributed by atoms with Gasteiger partial charge in [-0.3, -0.25) is 4.79 Å². The number of carbonyl (C=O) groups is 1. The fraction of sp³-hybridized carbons (Fsp3) is 0.500. The predicted molar refractivity (Wildman–Crippen MR) is 89.9 cm³/mol. The summed E-state index contributed by atoms with van der Waals surface area (Å²) in [6.07, 6.45) is 5.28. The molecule has 1 aromatic carbocycles. The van der Waals surface area contributed by atoms with Crippen LogP contribution < -0.4 is 5.32 Å². The molecule has 2 atom stereocenters.